The maximum absolute atomic E-state index is 11.7. The lowest BCUT2D eigenvalue weighted by molar-refractivity contribution is -0.152. The highest BCUT2D eigenvalue weighted by Gasteiger charge is 2.36. The number of nitrogens with one attached hydrogen (secondary N) is 2. The van der Waals surface area contributed by atoms with E-state index in [0.717, 1.165) is 0 Å². The summed E-state index contributed by atoms with van der Waals surface area (Å²) in [6.45, 7) is 2.99. The molecule has 26 heavy (non-hydrogen) atoms. The first kappa shape index (κ1) is 22.0. The summed E-state index contributed by atoms with van der Waals surface area (Å²) in [7, 11) is 0. The number of guanidine groups is 1. The van der Waals surface area contributed by atoms with Crippen molar-refractivity contribution in [3.8, 4) is 0 Å². The second-order valence-electron chi connectivity index (χ2n) is 5.94. The van der Waals surface area contributed by atoms with Crippen molar-refractivity contribution in [3.05, 3.63) is 0 Å². The predicted octanol–water partition coefficient (Wildman–Crippen LogP) is -1.55. The zero-order valence-electron chi connectivity index (χ0n) is 14.4. The SMILES string of the molecule is CC(C)[C@@H](N)C(=O)OCC(CO)OCN1C=NC2C(=O)NC(=N)N=C21.Cl. The number of rotatable bonds is 8. The van der Waals surface area contributed by atoms with Crippen LogP contribution in [0.2, 0.25) is 0 Å². The van der Waals surface area contributed by atoms with Gasteiger partial charge in [-0.3, -0.25) is 30.2 Å². The molecule has 2 rings (SSSR count). The Morgan fingerprint density at radius 2 is 2.23 bits per heavy atom. The van der Waals surface area contributed by atoms with Gasteiger partial charge >= 0.3 is 5.97 Å². The number of aliphatic imine (C=N–C) groups is 2. The number of hydrogen-bond acceptors (Lipinski definition) is 9. The van der Waals surface area contributed by atoms with E-state index in [2.05, 4.69) is 15.3 Å². The van der Waals surface area contributed by atoms with E-state index in [9.17, 15) is 14.7 Å². The number of ether oxygens (including phenoxy) is 2. The summed E-state index contributed by atoms with van der Waals surface area (Å²) in [6.07, 6.45) is 0.602. The van der Waals surface area contributed by atoms with E-state index >= 15 is 0 Å². The number of aliphatic hydroxyl groups excluding tert-OH is 1. The fourth-order valence-corrected chi connectivity index (χ4v) is 2.05. The summed E-state index contributed by atoms with van der Waals surface area (Å²) >= 11 is 0. The molecule has 146 valence electrons. The number of esters is 1. The minimum absolute atomic E-state index is 0. The first-order valence-electron chi connectivity index (χ1n) is 7.76. The molecule has 2 unspecified atom stereocenters. The second kappa shape index (κ2) is 9.57. The second-order valence-corrected chi connectivity index (χ2v) is 5.94. The van der Waals surface area contributed by atoms with Gasteiger partial charge in [-0.1, -0.05) is 13.8 Å². The van der Waals surface area contributed by atoms with E-state index in [1.807, 2.05) is 0 Å². The van der Waals surface area contributed by atoms with Crippen molar-refractivity contribution in [1.82, 2.24) is 10.2 Å². The summed E-state index contributed by atoms with van der Waals surface area (Å²) in [5.41, 5.74) is 5.68. The number of hydrogen-bond donors (Lipinski definition) is 4. The molecular formula is C14H23ClN6O5. The third-order valence-electron chi connectivity index (χ3n) is 3.67. The van der Waals surface area contributed by atoms with E-state index < -0.39 is 30.1 Å². The molecular weight excluding hydrogens is 368 g/mol. The Morgan fingerprint density at radius 3 is 2.85 bits per heavy atom. The van der Waals surface area contributed by atoms with Crippen molar-refractivity contribution in [2.24, 2.45) is 21.6 Å². The smallest absolute Gasteiger partial charge is 0.323 e. The van der Waals surface area contributed by atoms with Crippen molar-refractivity contribution in [2.45, 2.75) is 32.0 Å². The Hall–Kier alpha value is -2.08. The molecule has 0 spiro atoms. The molecule has 0 fully saturated rings. The van der Waals surface area contributed by atoms with Crippen molar-refractivity contribution < 1.29 is 24.2 Å². The number of carbonyl (C=O) groups excluding carboxylic acids is 2. The van der Waals surface area contributed by atoms with Gasteiger partial charge in [0.15, 0.2) is 6.04 Å². The molecule has 0 saturated carbocycles. The molecule has 0 aromatic rings. The molecule has 0 bridgehead atoms. The monoisotopic (exact) mass is 390 g/mol. The van der Waals surface area contributed by atoms with Gasteiger partial charge < -0.3 is 20.3 Å². The van der Waals surface area contributed by atoms with Crippen LogP contribution in [0.1, 0.15) is 13.8 Å². The lowest BCUT2D eigenvalue weighted by Gasteiger charge is -2.24. The van der Waals surface area contributed by atoms with Crippen LogP contribution in [0.3, 0.4) is 0 Å². The normalized spacial score (nSPS) is 20.9. The van der Waals surface area contributed by atoms with Crippen LogP contribution in [0.4, 0.5) is 0 Å². The standard InChI is InChI=1S/C14H22N6O5.ClH/c1-7(2)9(15)13(23)24-4-8(3-21)25-6-20-5-17-10-11(20)18-14(16)19-12(10)22;/h5,7-10,21H,3-4,6,15H2,1-2H3,(H2,16,19,22);1H/t8?,9-,10?;/m1./s1. The Morgan fingerprint density at radius 1 is 1.54 bits per heavy atom. The minimum Gasteiger partial charge on any atom is -0.462 e. The Balaban J connectivity index is 0.00000338. The molecule has 0 aromatic heterocycles. The number of aliphatic hydroxyl groups is 1. The highest BCUT2D eigenvalue weighted by molar-refractivity contribution is 6.23. The number of nitrogens with zero attached hydrogens (tertiary/aromatic N) is 3. The summed E-state index contributed by atoms with van der Waals surface area (Å²) in [5, 5.41) is 19.1. The average molecular weight is 391 g/mol. The minimum atomic E-state index is -0.813. The quantitative estimate of drug-likeness (QED) is 0.364. The van der Waals surface area contributed by atoms with Crippen LogP contribution in [0.5, 0.6) is 0 Å². The Bertz CT molecular complexity index is 611. The number of amidine groups is 1. The first-order chi connectivity index (χ1) is 11.8. The van der Waals surface area contributed by atoms with E-state index in [1.54, 1.807) is 13.8 Å². The Kier molecular flexibility index (Phi) is 8.08. The third-order valence-corrected chi connectivity index (χ3v) is 3.67. The van der Waals surface area contributed by atoms with E-state index in [0.29, 0.717) is 0 Å². The van der Waals surface area contributed by atoms with Crippen LogP contribution in [-0.2, 0) is 19.1 Å². The van der Waals surface area contributed by atoms with Crippen molar-refractivity contribution in [3.63, 3.8) is 0 Å². The molecule has 2 aliphatic heterocycles. The molecule has 5 N–H and O–H groups in total. The number of amides is 1. The van der Waals surface area contributed by atoms with Gasteiger partial charge in [0.25, 0.3) is 5.91 Å². The van der Waals surface area contributed by atoms with Crippen LogP contribution in [-0.4, -0.2) is 78.1 Å². The number of carbonyl (C=O) groups is 2. The number of halogens is 1. The van der Waals surface area contributed by atoms with E-state index in [4.69, 9.17) is 20.6 Å². The van der Waals surface area contributed by atoms with Crippen LogP contribution >= 0.6 is 12.4 Å². The molecule has 1 amide bonds. The predicted molar refractivity (Wildman–Crippen MR) is 95.3 cm³/mol. The summed E-state index contributed by atoms with van der Waals surface area (Å²) in [6, 6.07) is -1.56. The van der Waals surface area contributed by atoms with Gasteiger partial charge in [0, 0.05) is 0 Å². The van der Waals surface area contributed by atoms with Gasteiger partial charge in [0.05, 0.1) is 12.9 Å². The zero-order chi connectivity index (χ0) is 18.6. The molecule has 12 heteroatoms. The van der Waals surface area contributed by atoms with Crippen molar-refractivity contribution in [2.75, 3.05) is 19.9 Å². The fraction of sp³-hybridized carbons (Fsp3) is 0.643. The summed E-state index contributed by atoms with van der Waals surface area (Å²) in [5.74, 6) is -1.08. The number of nitrogens with two attached hydrogens (primary N) is 1. The maximum Gasteiger partial charge on any atom is 0.323 e. The lowest BCUT2D eigenvalue weighted by atomic mass is 10.1. The molecule has 0 aliphatic carbocycles. The highest BCUT2D eigenvalue weighted by Crippen LogP contribution is 2.12. The third kappa shape index (κ3) is 5.21. The average Bonchev–Trinajstić information content (AvgIpc) is 2.97. The van der Waals surface area contributed by atoms with Crippen molar-refractivity contribution >= 4 is 42.4 Å². The van der Waals surface area contributed by atoms with Gasteiger partial charge in [-0.15, -0.1) is 12.4 Å². The van der Waals surface area contributed by atoms with Gasteiger partial charge in [0.1, 0.15) is 31.3 Å². The lowest BCUT2D eigenvalue weighted by Crippen LogP contribution is -2.49. The topological polar surface area (TPSA) is 163 Å². The fourth-order valence-electron chi connectivity index (χ4n) is 2.05. The maximum atomic E-state index is 11.7. The largest absolute Gasteiger partial charge is 0.462 e. The molecule has 0 saturated heterocycles. The van der Waals surface area contributed by atoms with Gasteiger partial charge in [-0.2, -0.15) is 4.99 Å². The van der Waals surface area contributed by atoms with Crippen LogP contribution in [0.15, 0.2) is 9.98 Å². The Labute approximate surface area is 156 Å². The zero-order valence-corrected chi connectivity index (χ0v) is 15.2. The van der Waals surface area contributed by atoms with Gasteiger partial charge in [0.2, 0.25) is 5.96 Å². The molecule has 3 atom stereocenters. The first-order valence-corrected chi connectivity index (χ1v) is 7.76. The highest BCUT2D eigenvalue weighted by atomic mass is 35.5. The van der Waals surface area contributed by atoms with E-state index in [-0.39, 0.29) is 50.1 Å². The molecule has 0 aromatic carbocycles. The molecule has 2 aliphatic rings. The number of fused-ring (bicyclic) bond motifs is 1. The van der Waals surface area contributed by atoms with Crippen molar-refractivity contribution in [1.29, 1.82) is 5.41 Å². The van der Waals surface area contributed by atoms with Crippen LogP contribution in [0, 0.1) is 11.3 Å². The van der Waals surface area contributed by atoms with Crippen LogP contribution in [0.25, 0.3) is 0 Å². The molecule has 0 radical (unpaired) electrons. The van der Waals surface area contributed by atoms with Crippen LogP contribution < -0.4 is 11.1 Å². The van der Waals surface area contributed by atoms with Gasteiger partial charge in [-0.05, 0) is 5.92 Å². The van der Waals surface area contributed by atoms with E-state index in [1.165, 1.54) is 11.2 Å². The summed E-state index contributed by atoms with van der Waals surface area (Å²) < 4.78 is 10.5. The van der Waals surface area contributed by atoms with Gasteiger partial charge in [-0.25, -0.2) is 0 Å². The summed E-state index contributed by atoms with van der Waals surface area (Å²) in [4.78, 5) is 32.8. The molecule has 11 nitrogen and oxygen atoms in total. The molecule has 2 heterocycles.